The van der Waals surface area contributed by atoms with Crippen LogP contribution in [0.4, 0.5) is 5.69 Å². The lowest BCUT2D eigenvalue weighted by Gasteiger charge is -2.23. The quantitative estimate of drug-likeness (QED) is 0.826. The first-order chi connectivity index (χ1) is 8.15. The Morgan fingerprint density at radius 3 is 2.65 bits per heavy atom. The summed E-state index contributed by atoms with van der Waals surface area (Å²) in [6.07, 6.45) is 4.42. The highest BCUT2D eigenvalue weighted by atomic mass is 16.4. The molecule has 0 bridgehead atoms. The fourth-order valence-corrected chi connectivity index (χ4v) is 1.67. The zero-order valence-corrected chi connectivity index (χ0v) is 9.35. The molecule has 2 N–H and O–H groups in total. The van der Waals surface area contributed by atoms with Crippen LogP contribution < -0.4 is 5.32 Å². The standard InChI is InChI=1S/C12H14N2O3/c15-11(16)6-9-4-5-10(7-13-9)14-12(17)8-2-1-3-8/h4-5,7-8H,1-3,6H2,(H,14,17)(H,15,16). The van der Waals surface area contributed by atoms with Gasteiger partial charge in [-0.2, -0.15) is 0 Å². The van der Waals surface area contributed by atoms with Crippen molar-refractivity contribution in [1.82, 2.24) is 4.98 Å². The predicted molar refractivity (Wildman–Crippen MR) is 61.5 cm³/mol. The molecular formula is C12H14N2O3. The molecule has 0 atom stereocenters. The van der Waals surface area contributed by atoms with Crippen LogP contribution in [0.25, 0.3) is 0 Å². The maximum absolute atomic E-state index is 11.6. The van der Waals surface area contributed by atoms with Crippen LogP contribution in [0, 0.1) is 5.92 Å². The molecule has 5 nitrogen and oxygen atoms in total. The molecule has 0 aromatic carbocycles. The number of aliphatic carboxylic acids is 1. The number of amides is 1. The van der Waals surface area contributed by atoms with Gasteiger partial charge in [-0.1, -0.05) is 6.42 Å². The Bertz CT molecular complexity index is 424. The van der Waals surface area contributed by atoms with Gasteiger partial charge in [-0.05, 0) is 25.0 Å². The number of carbonyl (C=O) groups excluding carboxylic acids is 1. The number of carboxylic acids is 1. The predicted octanol–water partition coefficient (Wildman–Crippen LogP) is 1.45. The van der Waals surface area contributed by atoms with E-state index in [1.165, 1.54) is 6.20 Å². The maximum atomic E-state index is 11.6. The summed E-state index contributed by atoms with van der Waals surface area (Å²) in [5, 5.41) is 11.4. The van der Waals surface area contributed by atoms with Gasteiger partial charge < -0.3 is 10.4 Å². The van der Waals surface area contributed by atoms with Crippen LogP contribution in [0.3, 0.4) is 0 Å². The number of aromatic nitrogens is 1. The highest BCUT2D eigenvalue weighted by molar-refractivity contribution is 5.92. The number of nitrogens with zero attached hydrogens (tertiary/aromatic N) is 1. The van der Waals surface area contributed by atoms with Gasteiger partial charge in [0.2, 0.25) is 5.91 Å². The summed E-state index contributed by atoms with van der Waals surface area (Å²) in [4.78, 5) is 26.1. The van der Waals surface area contributed by atoms with E-state index in [-0.39, 0.29) is 18.2 Å². The van der Waals surface area contributed by atoms with Crippen molar-refractivity contribution < 1.29 is 14.7 Å². The van der Waals surface area contributed by atoms with Gasteiger partial charge in [-0.3, -0.25) is 14.6 Å². The molecule has 1 amide bonds. The van der Waals surface area contributed by atoms with Gasteiger partial charge in [0.05, 0.1) is 24.0 Å². The molecule has 5 heteroatoms. The monoisotopic (exact) mass is 234 g/mol. The third-order valence-electron chi connectivity index (χ3n) is 2.90. The molecule has 1 aliphatic carbocycles. The van der Waals surface area contributed by atoms with Gasteiger partial charge in [0.1, 0.15) is 0 Å². The van der Waals surface area contributed by atoms with Crippen molar-refractivity contribution in [1.29, 1.82) is 0 Å². The summed E-state index contributed by atoms with van der Waals surface area (Å²) in [6.45, 7) is 0. The van der Waals surface area contributed by atoms with Crippen LogP contribution in [0.5, 0.6) is 0 Å². The number of carboxylic acid groups (broad SMARTS) is 1. The molecule has 1 aromatic heterocycles. The first kappa shape index (κ1) is 11.6. The van der Waals surface area contributed by atoms with Crippen molar-refractivity contribution in [3.63, 3.8) is 0 Å². The summed E-state index contributed by atoms with van der Waals surface area (Å²) in [7, 11) is 0. The van der Waals surface area contributed by atoms with E-state index in [9.17, 15) is 9.59 Å². The normalized spacial score (nSPS) is 15.1. The Hall–Kier alpha value is -1.91. The van der Waals surface area contributed by atoms with E-state index in [2.05, 4.69) is 10.3 Å². The van der Waals surface area contributed by atoms with Crippen molar-refractivity contribution in [2.45, 2.75) is 25.7 Å². The highest BCUT2D eigenvalue weighted by Gasteiger charge is 2.25. The number of nitrogens with one attached hydrogen (secondary N) is 1. The number of hydrogen-bond donors (Lipinski definition) is 2. The van der Waals surface area contributed by atoms with Crippen molar-refractivity contribution >= 4 is 17.6 Å². The molecule has 2 rings (SSSR count). The molecule has 17 heavy (non-hydrogen) atoms. The molecule has 0 spiro atoms. The first-order valence-corrected chi connectivity index (χ1v) is 5.63. The van der Waals surface area contributed by atoms with Gasteiger partial charge in [0, 0.05) is 5.92 Å². The number of hydrogen-bond acceptors (Lipinski definition) is 3. The third-order valence-corrected chi connectivity index (χ3v) is 2.90. The minimum absolute atomic E-state index is 0.0315. The molecular weight excluding hydrogens is 220 g/mol. The molecule has 1 heterocycles. The largest absolute Gasteiger partial charge is 0.481 e. The van der Waals surface area contributed by atoms with E-state index in [4.69, 9.17) is 5.11 Å². The Morgan fingerprint density at radius 1 is 1.41 bits per heavy atom. The lowest BCUT2D eigenvalue weighted by molar-refractivity contribution is -0.136. The van der Waals surface area contributed by atoms with Crippen molar-refractivity contribution in [2.24, 2.45) is 5.92 Å². The third kappa shape index (κ3) is 3.03. The number of pyridine rings is 1. The lowest BCUT2D eigenvalue weighted by Crippen LogP contribution is -2.28. The summed E-state index contributed by atoms with van der Waals surface area (Å²) in [6, 6.07) is 3.30. The summed E-state index contributed by atoms with van der Waals surface area (Å²) < 4.78 is 0. The molecule has 90 valence electrons. The molecule has 0 unspecified atom stereocenters. The van der Waals surface area contributed by atoms with E-state index in [0.29, 0.717) is 11.4 Å². The van der Waals surface area contributed by atoms with Gasteiger partial charge in [-0.25, -0.2) is 0 Å². The van der Waals surface area contributed by atoms with Crippen LogP contribution in [0.15, 0.2) is 18.3 Å². The average molecular weight is 234 g/mol. The summed E-state index contributed by atoms with van der Waals surface area (Å²) in [5.74, 6) is -0.749. The van der Waals surface area contributed by atoms with E-state index >= 15 is 0 Å². The Balaban J connectivity index is 1.93. The van der Waals surface area contributed by atoms with E-state index in [0.717, 1.165) is 19.3 Å². The maximum Gasteiger partial charge on any atom is 0.309 e. The summed E-state index contributed by atoms with van der Waals surface area (Å²) in [5.41, 5.74) is 1.11. The molecule has 0 radical (unpaired) electrons. The number of carbonyl (C=O) groups is 2. The van der Waals surface area contributed by atoms with Crippen LogP contribution in [-0.4, -0.2) is 22.0 Å². The Morgan fingerprint density at radius 2 is 2.18 bits per heavy atom. The second-order valence-electron chi connectivity index (χ2n) is 4.23. The smallest absolute Gasteiger partial charge is 0.309 e. The van der Waals surface area contributed by atoms with E-state index in [1.54, 1.807) is 12.1 Å². The molecule has 1 saturated carbocycles. The SMILES string of the molecule is O=C(O)Cc1ccc(NC(=O)C2CCC2)cn1. The zero-order chi connectivity index (χ0) is 12.3. The van der Waals surface area contributed by atoms with Crippen LogP contribution in [0.2, 0.25) is 0 Å². The van der Waals surface area contributed by atoms with Crippen molar-refractivity contribution in [2.75, 3.05) is 5.32 Å². The van der Waals surface area contributed by atoms with Crippen molar-refractivity contribution in [3.05, 3.63) is 24.0 Å². The lowest BCUT2D eigenvalue weighted by atomic mass is 9.85. The fourth-order valence-electron chi connectivity index (χ4n) is 1.67. The zero-order valence-electron chi connectivity index (χ0n) is 9.35. The summed E-state index contributed by atoms with van der Waals surface area (Å²) >= 11 is 0. The van der Waals surface area contributed by atoms with E-state index < -0.39 is 5.97 Å². The van der Waals surface area contributed by atoms with Crippen molar-refractivity contribution in [3.8, 4) is 0 Å². The van der Waals surface area contributed by atoms with Crippen LogP contribution >= 0.6 is 0 Å². The van der Waals surface area contributed by atoms with Gasteiger partial charge in [-0.15, -0.1) is 0 Å². The van der Waals surface area contributed by atoms with E-state index in [1.807, 2.05) is 0 Å². The van der Waals surface area contributed by atoms with Gasteiger partial charge >= 0.3 is 5.97 Å². The fraction of sp³-hybridized carbons (Fsp3) is 0.417. The average Bonchev–Trinajstić information content (AvgIpc) is 2.17. The minimum atomic E-state index is -0.913. The molecule has 1 fully saturated rings. The van der Waals surface area contributed by atoms with Crippen LogP contribution in [0.1, 0.15) is 25.0 Å². The van der Waals surface area contributed by atoms with Gasteiger partial charge in [0.25, 0.3) is 0 Å². The second-order valence-corrected chi connectivity index (χ2v) is 4.23. The molecule has 0 saturated heterocycles. The first-order valence-electron chi connectivity index (χ1n) is 5.63. The molecule has 0 aliphatic heterocycles. The topological polar surface area (TPSA) is 79.3 Å². The van der Waals surface area contributed by atoms with Crippen LogP contribution in [-0.2, 0) is 16.0 Å². The van der Waals surface area contributed by atoms with Gasteiger partial charge in [0.15, 0.2) is 0 Å². The Kier molecular flexibility index (Phi) is 3.37. The highest BCUT2D eigenvalue weighted by Crippen LogP contribution is 2.27. The minimum Gasteiger partial charge on any atom is -0.481 e. The molecule has 1 aliphatic rings. The Labute approximate surface area is 98.9 Å². The second kappa shape index (κ2) is 4.95. The molecule has 1 aromatic rings. The number of rotatable bonds is 4. The number of anilines is 1.